The Labute approximate surface area is 171 Å². The van der Waals surface area contributed by atoms with Gasteiger partial charge in [0.2, 0.25) is 12.7 Å². The van der Waals surface area contributed by atoms with Crippen LogP contribution in [-0.2, 0) is 14.3 Å². The van der Waals surface area contributed by atoms with Crippen molar-refractivity contribution in [2.75, 3.05) is 31.1 Å². The van der Waals surface area contributed by atoms with Gasteiger partial charge in [-0.25, -0.2) is 9.78 Å². The summed E-state index contributed by atoms with van der Waals surface area (Å²) in [5, 5.41) is 3.25. The molecule has 1 N–H and O–H groups in total. The second kappa shape index (κ2) is 9.15. The lowest BCUT2D eigenvalue weighted by Gasteiger charge is -2.12. The van der Waals surface area contributed by atoms with Crippen molar-refractivity contribution in [1.82, 2.24) is 4.98 Å². The van der Waals surface area contributed by atoms with Gasteiger partial charge in [-0.15, -0.1) is 0 Å². The summed E-state index contributed by atoms with van der Waals surface area (Å²) in [5.74, 6) is 0.649. The summed E-state index contributed by atoms with van der Waals surface area (Å²) in [5.41, 5.74) is 0.948. The van der Waals surface area contributed by atoms with Crippen LogP contribution in [0.15, 0.2) is 41.6 Å². The molecule has 1 atom stereocenters. The quantitative estimate of drug-likeness (QED) is 0.544. The first kappa shape index (κ1) is 19.5. The van der Waals surface area contributed by atoms with Crippen LogP contribution in [0.1, 0.15) is 23.2 Å². The summed E-state index contributed by atoms with van der Waals surface area (Å²) >= 11 is 1.18. The SMILES string of the molecule is O=C(CSc1ncccc1C(=O)OCC1CCCO1)Nc1ccc2c(c1)OCO2. The average Bonchev–Trinajstić information content (AvgIpc) is 3.42. The summed E-state index contributed by atoms with van der Waals surface area (Å²) in [6, 6.07) is 8.50. The van der Waals surface area contributed by atoms with Gasteiger partial charge in [0.25, 0.3) is 0 Å². The second-order valence-electron chi connectivity index (χ2n) is 6.49. The van der Waals surface area contributed by atoms with E-state index in [1.165, 1.54) is 11.8 Å². The molecule has 2 aliphatic rings. The number of hydrogen-bond acceptors (Lipinski definition) is 8. The highest BCUT2D eigenvalue weighted by atomic mass is 32.2. The molecule has 1 aromatic heterocycles. The summed E-state index contributed by atoms with van der Waals surface area (Å²) in [6.45, 7) is 1.10. The first-order valence-corrected chi connectivity index (χ1v) is 10.2. The third-order valence-electron chi connectivity index (χ3n) is 4.41. The van der Waals surface area contributed by atoms with Crippen LogP contribution in [0.3, 0.4) is 0 Å². The molecule has 1 amide bonds. The highest BCUT2D eigenvalue weighted by Crippen LogP contribution is 2.34. The lowest BCUT2D eigenvalue weighted by atomic mass is 10.2. The van der Waals surface area contributed by atoms with Crippen molar-refractivity contribution in [3.8, 4) is 11.5 Å². The molecule has 1 aromatic carbocycles. The van der Waals surface area contributed by atoms with Gasteiger partial charge in [-0.1, -0.05) is 11.8 Å². The van der Waals surface area contributed by atoms with Crippen LogP contribution in [0.2, 0.25) is 0 Å². The number of fused-ring (bicyclic) bond motifs is 1. The molecule has 2 aromatic rings. The number of esters is 1. The van der Waals surface area contributed by atoms with Crippen molar-refractivity contribution in [2.45, 2.75) is 24.0 Å². The summed E-state index contributed by atoms with van der Waals surface area (Å²) in [7, 11) is 0. The molecule has 9 heteroatoms. The number of hydrogen-bond donors (Lipinski definition) is 1. The molecular formula is C20H20N2O6S. The maximum atomic E-state index is 12.4. The topological polar surface area (TPSA) is 96.0 Å². The van der Waals surface area contributed by atoms with Gasteiger partial charge in [0, 0.05) is 24.6 Å². The van der Waals surface area contributed by atoms with Crippen LogP contribution >= 0.6 is 11.8 Å². The van der Waals surface area contributed by atoms with E-state index in [0.29, 0.717) is 34.4 Å². The Morgan fingerprint density at radius 2 is 2.14 bits per heavy atom. The molecule has 29 heavy (non-hydrogen) atoms. The van der Waals surface area contributed by atoms with Gasteiger partial charge >= 0.3 is 5.97 Å². The van der Waals surface area contributed by atoms with Crippen LogP contribution in [0, 0.1) is 0 Å². The third-order valence-corrected chi connectivity index (χ3v) is 5.42. The zero-order chi connectivity index (χ0) is 20.1. The number of thioether (sulfide) groups is 1. The number of nitrogens with zero attached hydrogens (tertiary/aromatic N) is 1. The van der Waals surface area contributed by atoms with Gasteiger partial charge in [0.15, 0.2) is 11.5 Å². The van der Waals surface area contributed by atoms with E-state index >= 15 is 0 Å². The maximum Gasteiger partial charge on any atom is 0.340 e. The van der Waals surface area contributed by atoms with Crippen molar-refractivity contribution >= 4 is 29.3 Å². The van der Waals surface area contributed by atoms with Crippen LogP contribution in [0.4, 0.5) is 5.69 Å². The number of ether oxygens (including phenoxy) is 4. The predicted molar refractivity (Wildman–Crippen MR) is 105 cm³/mol. The molecule has 2 aliphatic heterocycles. The van der Waals surface area contributed by atoms with Gasteiger partial charge in [-0.3, -0.25) is 4.79 Å². The molecule has 1 fully saturated rings. The van der Waals surface area contributed by atoms with Crippen LogP contribution in [-0.4, -0.2) is 48.7 Å². The van der Waals surface area contributed by atoms with Crippen molar-refractivity contribution in [3.05, 3.63) is 42.1 Å². The molecule has 152 valence electrons. The number of carbonyl (C=O) groups is 2. The van der Waals surface area contributed by atoms with Gasteiger partial charge in [0.05, 0.1) is 17.4 Å². The number of anilines is 1. The molecule has 1 unspecified atom stereocenters. The Morgan fingerprint density at radius 3 is 3.00 bits per heavy atom. The minimum absolute atomic E-state index is 0.0424. The fourth-order valence-corrected chi connectivity index (χ4v) is 3.77. The zero-order valence-electron chi connectivity index (χ0n) is 15.6. The first-order valence-electron chi connectivity index (χ1n) is 9.25. The van der Waals surface area contributed by atoms with E-state index in [9.17, 15) is 9.59 Å². The highest BCUT2D eigenvalue weighted by molar-refractivity contribution is 8.00. The minimum atomic E-state index is -0.465. The number of carbonyl (C=O) groups excluding carboxylic acids is 2. The molecule has 4 rings (SSSR count). The smallest absolute Gasteiger partial charge is 0.340 e. The lowest BCUT2D eigenvalue weighted by molar-refractivity contribution is -0.113. The lowest BCUT2D eigenvalue weighted by Crippen LogP contribution is -2.19. The molecule has 0 bridgehead atoms. The fraction of sp³-hybridized carbons (Fsp3) is 0.350. The van der Waals surface area contributed by atoms with E-state index < -0.39 is 5.97 Å². The number of rotatable bonds is 7. The number of amides is 1. The summed E-state index contributed by atoms with van der Waals surface area (Å²) in [4.78, 5) is 28.9. The third kappa shape index (κ3) is 4.99. The Morgan fingerprint density at radius 1 is 1.24 bits per heavy atom. The normalized spacial score (nSPS) is 17.2. The van der Waals surface area contributed by atoms with E-state index in [4.69, 9.17) is 18.9 Å². The van der Waals surface area contributed by atoms with Crippen LogP contribution in [0.25, 0.3) is 0 Å². The molecular weight excluding hydrogens is 396 g/mol. The molecule has 1 saturated heterocycles. The number of pyridine rings is 1. The highest BCUT2D eigenvalue weighted by Gasteiger charge is 2.21. The second-order valence-corrected chi connectivity index (χ2v) is 7.46. The Bertz CT molecular complexity index is 900. The van der Waals surface area contributed by atoms with Crippen LogP contribution < -0.4 is 14.8 Å². The molecule has 0 radical (unpaired) electrons. The van der Waals surface area contributed by atoms with Crippen molar-refractivity contribution < 1.29 is 28.5 Å². The zero-order valence-corrected chi connectivity index (χ0v) is 16.4. The fourth-order valence-electron chi connectivity index (χ4n) is 2.99. The van der Waals surface area contributed by atoms with Crippen molar-refractivity contribution in [2.24, 2.45) is 0 Å². The molecule has 0 aliphatic carbocycles. The van der Waals surface area contributed by atoms with Crippen molar-refractivity contribution in [3.63, 3.8) is 0 Å². The predicted octanol–water partition coefficient (Wildman–Crippen LogP) is 2.88. The van der Waals surface area contributed by atoms with E-state index in [2.05, 4.69) is 10.3 Å². The number of aromatic nitrogens is 1. The molecule has 0 saturated carbocycles. The largest absolute Gasteiger partial charge is 0.459 e. The Hall–Kier alpha value is -2.78. The van der Waals surface area contributed by atoms with Gasteiger partial charge < -0.3 is 24.3 Å². The Kier molecular flexibility index (Phi) is 6.16. The maximum absolute atomic E-state index is 12.4. The number of benzene rings is 1. The van der Waals surface area contributed by atoms with Crippen molar-refractivity contribution in [1.29, 1.82) is 0 Å². The van der Waals surface area contributed by atoms with E-state index in [1.54, 1.807) is 36.5 Å². The molecule has 3 heterocycles. The van der Waals surface area contributed by atoms with Crippen LogP contribution in [0.5, 0.6) is 11.5 Å². The van der Waals surface area contributed by atoms with Gasteiger partial charge in [-0.05, 0) is 37.1 Å². The monoisotopic (exact) mass is 416 g/mol. The standard InChI is InChI=1S/C20H20N2O6S/c23-18(22-13-5-6-16-17(9-13)28-12-27-16)11-29-19-15(4-1-7-21-19)20(24)26-10-14-3-2-8-25-14/h1,4-7,9,14H,2-3,8,10-12H2,(H,22,23). The molecule has 0 spiro atoms. The summed E-state index contributed by atoms with van der Waals surface area (Å²) in [6.07, 6.45) is 3.41. The minimum Gasteiger partial charge on any atom is -0.459 e. The summed E-state index contributed by atoms with van der Waals surface area (Å²) < 4.78 is 21.4. The average molecular weight is 416 g/mol. The number of nitrogens with one attached hydrogen (secondary N) is 1. The van der Waals surface area contributed by atoms with E-state index in [1.807, 2.05) is 0 Å². The first-order chi connectivity index (χ1) is 14.2. The Balaban J connectivity index is 1.32. The van der Waals surface area contributed by atoms with E-state index in [-0.39, 0.29) is 31.2 Å². The molecule has 8 nitrogen and oxygen atoms in total. The van der Waals surface area contributed by atoms with E-state index in [0.717, 1.165) is 12.8 Å². The van der Waals surface area contributed by atoms with Gasteiger partial charge in [0.1, 0.15) is 11.6 Å². The van der Waals surface area contributed by atoms with Gasteiger partial charge in [-0.2, -0.15) is 0 Å².